The molecule has 1 heterocycles. The zero-order valence-corrected chi connectivity index (χ0v) is 10.5. The molecule has 0 aromatic rings. The van der Waals surface area contributed by atoms with E-state index in [9.17, 15) is 0 Å². The van der Waals surface area contributed by atoms with Crippen molar-refractivity contribution >= 4 is 11.8 Å². The van der Waals surface area contributed by atoms with Gasteiger partial charge in [-0.15, -0.1) is 0 Å². The van der Waals surface area contributed by atoms with Crippen LogP contribution in [0.3, 0.4) is 0 Å². The molecular weight excluding hydrogens is 202 g/mol. The van der Waals surface area contributed by atoms with Crippen molar-refractivity contribution in [3.8, 4) is 0 Å². The van der Waals surface area contributed by atoms with E-state index in [2.05, 4.69) is 23.2 Å². The van der Waals surface area contributed by atoms with Gasteiger partial charge in [-0.1, -0.05) is 11.6 Å². The highest BCUT2D eigenvalue weighted by Crippen LogP contribution is 2.20. The Morgan fingerprint density at radius 3 is 3.07 bits per heavy atom. The molecule has 0 radical (unpaired) electrons. The second-order valence-corrected chi connectivity index (χ2v) is 5.88. The number of nitrogens with one attached hydrogen (secondary N) is 1. The van der Waals surface area contributed by atoms with Gasteiger partial charge in [-0.25, -0.2) is 0 Å². The van der Waals surface area contributed by atoms with E-state index in [0.717, 1.165) is 6.04 Å². The summed E-state index contributed by atoms with van der Waals surface area (Å²) in [5.41, 5.74) is 1.71. The molecule has 1 aliphatic carbocycles. The number of rotatable bonds is 4. The molecule has 1 fully saturated rings. The largest absolute Gasteiger partial charge is 0.313 e. The molecule has 1 aliphatic heterocycles. The average molecular weight is 225 g/mol. The molecule has 0 bridgehead atoms. The van der Waals surface area contributed by atoms with Crippen molar-refractivity contribution in [3.63, 3.8) is 0 Å². The number of thioether (sulfide) groups is 1. The minimum Gasteiger partial charge on any atom is -0.313 e. The highest BCUT2D eigenvalue weighted by atomic mass is 32.2. The minimum absolute atomic E-state index is 0.799. The lowest BCUT2D eigenvalue weighted by molar-refractivity contribution is 0.505. The maximum absolute atomic E-state index is 3.71. The van der Waals surface area contributed by atoms with Gasteiger partial charge in [0.05, 0.1) is 0 Å². The van der Waals surface area contributed by atoms with Gasteiger partial charge < -0.3 is 5.32 Å². The first-order valence-electron chi connectivity index (χ1n) is 6.44. The van der Waals surface area contributed by atoms with Gasteiger partial charge in [0.1, 0.15) is 0 Å². The molecule has 1 N–H and O–H groups in total. The molecule has 0 spiro atoms. The summed E-state index contributed by atoms with van der Waals surface area (Å²) in [6, 6.07) is 0.799. The van der Waals surface area contributed by atoms with Crippen LogP contribution in [0, 0.1) is 0 Å². The smallest absolute Gasteiger partial charge is 0.0158 e. The quantitative estimate of drug-likeness (QED) is 0.736. The fraction of sp³-hybridized carbons (Fsp3) is 0.846. The number of allylic oxidation sites excluding steroid dienone is 1. The predicted molar refractivity (Wildman–Crippen MR) is 69.5 cm³/mol. The molecule has 1 unspecified atom stereocenters. The molecule has 0 amide bonds. The maximum Gasteiger partial charge on any atom is 0.0158 e. The molecule has 0 aromatic carbocycles. The topological polar surface area (TPSA) is 12.0 Å². The zero-order valence-electron chi connectivity index (χ0n) is 9.63. The second-order valence-electron chi connectivity index (χ2n) is 4.73. The third-order valence-corrected chi connectivity index (χ3v) is 4.64. The summed E-state index contributed by atoms with van der Waals surface area (Å²) in [6.07, 6.45) is 12.1. The molecule has 86 valence electrons. The van der Waals surface area contributed by atoms with Crippen LogP contribution in [-0.4, -0.2) is 24.1 Å². The Morgan fingerprint density at radius 1 is 1.33 bits per heavy atom. The van der Waals surface area contributed by atoms with Crippen molar-refractivity contribution in [2.45, 2.75) is 51.0 Å². The molecule has 2 heteroatoms. The summed E-state index contributed by atoms with van der Waals surface area (Å²) in [6.45, 7) is 1.21. The Balaban J connectivity index is 1.59. The lowest BCUT2D eigenvalue weighted by Gasteiger charge is -2.23. The van der Waals surface area contributed by atoms with Crippen molar-refractivity contribution in [1.29, 1.82) is 0 Å². The van der Waals surface area contributed by atoms with Crippen molar-refractivity contribution in [1.82, 2.24) is 5.32 Å². The third kappa shape index (κ3) is 4.20. The predicted octanol–water partition coefficient (Wildman–Crippen LogP) is 3.36. The molecule has 0 saturated carbocycles. The first kappa shape index (κ1) is 11.5. The van der Waals surface area contributed by atoms with Gasteiger partial charge in [0, 0.05) is 11.8 Å². The van der Waals surface area contributed by atoms with Crippen molar-refractivity contribution in [3.05, 3.63) is 11.6 Å². The fourth-order valence-electron chi connectivity index (χ4n) is 2.47. The lowest BCUT2D eigenvalue weighted by atomic mass is 9.97. The SMILES string of the molecule is C1=C(CCNC2CCCSC2)CCCC1. The summed E-state index contributed by atoms with van der Waals surface area (Å²) < 4.78 is 0. The van der Waals surface area contributed by atoms with Gasteiger partial charge in [0.15, 0.2) is 0 Å². The molecule has 2 rings (SSSR count). The summed E-state index contributed by atoms with van der Waals surface area (Å²) >= 11 is 2.11. The van der Waals surface area contributed by atoms with E-state index in [0.29, 0.717) is 0 Å². The van der Waals surface area contributed by atoms with E-state index in [1.807, 2.05) is 0 Å². The van der Waals surface area contributed by atoms with E-state index < -0.39 is 0 Å². The van der Waals surface area contributed by atoms with E-state index in [1.165, 1.54) is 63.0 Å². The second kappa shape index (κ2) is 6.59. The Morgan fingerprint density at radius 2 is 2.33 bits per heavy atom. The molecule has 1 saturated heterocycles. The molecule has 0 aromatic heterocycles. The minimum atomic E-state index is 0.799. The van der Waals surface area contributed by atoms with Gasteiger partial charge in [-0.3, -0.25) is 0 Å². The van der Waals surface area contributed by atoms with Crippen LogP contribution in [0.1, 0.15) is 44.9 Å². The van der Waals surface area contributed by atoms with Crippen LogP contribution in [0.15, 0.2) is 11.6 Å². The molecule has 1 atom stereocenters. The summed E-state index contributed by atoms with van der Waals surface area (Å²) in [5, 5.41) is 3.71. The van der Waals surface area contributed by atoms with Crippen LogP contribution in [-0.2, 0) is 0 Å². The first-order valence-corrected chi connectivity index (χ1v) is 7.59. The average Bonchev–Trinajstić information content (AvgIpc) is 2.32. The number of hydrogen-bond acceptors (Lipinski definition) is 2. The van der Waals surface area contributed by atoms with Gasteiger partial charge >= 0.3 is 0 Å². The Kier molecular flexibility index (Phi) is 5.07. The van der Waals surface area contributed by atoms with E-state index in [-0.39, 0.29) is 0 Å². The monoisotopic (exact) mass is 225 g/mol. The highest BCUT2D eigenvalue weighted by Gasteiger charge is 2.12. The molecular formula is C13H23NS. The summed E-state index contributed by atoms with van der Waals surface area (Å²) in [5.74, 6) is 2.71. The van der Waals surface area contributed by atoms with Crippen LogP contribution in [0.4, 0.5) is 0 Å². The third-order valence-electron chi connectivity index (χ3n) is 3.42. The van der Waals surface area contributed by atoms with Crippen LogP contribution in [0.25, 0.3) is 0 Å². The Hall–Kier alpha value is 0.0500. The molecule has 1 nitrogen and oxygen atoms in total. The standard InChI is InChI=1S/C13H23NS/c1-2-5-12(6-3-1)8-9-14-13-7-4-10-15-11-13/h5,13-14H,1-4,6-11H2. The summed E-state index contributed by atoms with van der Waals surface area (Å²) in [4.78, 5) is 0. The van der Waals surface area contributed by atoms with Gasteiger partial charge in [-0.2, -0.15) is 11.8 Å². The van der Waals surface area contributed by atoms with Crippen LogP contribution >= 0.6 is 11.8 Å². The van der Waals surface area contributed by atoms with Crippen LogP contribution < -0.4 is 5.32 Å². The molecule has 15 heavy (non-hydrogen) atoms. The van der Waals surface area contributed by atoms with E-state index in [4.69, 9.17) is 0 Å². The first-order chi connectivity index (χ1) is 7.45. The Labute approximate surface area is 98.1 Å². The van der Waals surface area contributed by atoms with Gasteiger partial charge in [0.25, 0.3) is 0 Å². The van der Waals surface area contributed by atoms with Gasteiger partial charge in [0.2, 0.25) is 0 Å². The Bertz CT molecular complexity index is 207. The van der Waals surface area contributed by atoms with E-state index >= 15 is 0 Å². The van der Waals surface area contributed by atoms with Gasteiger partial charge in [-0.05, 0) is 57.2 Å². The van der Waals surface area contributed by atoms with Crippen molar-refractivity contribution in [2.75, 3.05) is 18.1 Å². The van der Waals surface area contributed by atoms with Crippen LogP contribution in [0.5, 0.6) is 0 Å². The van der Waals surface area contributed by atoms with Crippen LogP contribution in [0.2, 0.25) is 0 Å². The van der Waals surface area contributed by atoms with Crippen molar-refractivity contribution in [2.24, 2.45) is 0 Å². The summed E-state index contributed by atoms with van der Waals surface area (Å²) in [7, 11) is 0. The van der Waals surface area contributed by atoms with Crippen molar-refractivity contribution < 1.29 is 0 Å². The highest BCUT2D eigenvalue weighted by molar-refractivity contribution is 7.99. The number of hydrogen-bond donors (Lipinski definition) is 1. The lowest BCUT2D eigenvalue weighted by Crippen LogP contribution is -2.34. The van der Waals surface area contributed by atoms with E-state index in [1.54, 1.807) is 5.57 Å². The zero-order chi connectivity index (χ0) is 10.3. The maximum atomic E-state index is 3.71. The fourth-order valence-corrected chi connectivity index (χ4v) is 3.58. The molecule has 2 aliphatic rings. The normalized spacial score (nSPS) is 27.5.